The molecule has 17 heavy (non-hydrogen) atoms. The van der Waals surface area contributed by atoms with Crippen molar-refractivity contribution in [3.05, 3.63) is 23.9 Å². The molecular weight excluding hydrogens is 230 g/mol. The molecule has 0 amide bonds. The molecule has 0 spiro atoms. The number of hydrogen-bond acceptors (Lipinski definition) is 4. The highest BCUT2D eigenvalue weighted by Gasteiger charge is 2.21. The maximum Gasteiger partial charge on any atom is 0.142 e. The third-order valence-corrected chi connectivity index (χ3v) is 4.27. The molecule has 2 unspecified atom stereocenters. The fraction of sp³-hybridized carbons (Fsp3) is 0.538. The Kier molecular flexibility index (Phi) is 4.27. The van der Waals surface area contributed by atoms with E-state index < -0.39 is 0 Å². The van der Waals surface area contributed by atoms with Gasteiger partial charge in [0, 0.05) is 11.3 Å². The van der Waals surface area contributed by atoms with Crippen molar-refractivity contribution < 1.29 is 0 Å². The van der Waals surface area contributed by atoms with Crippen LogP contribution in [0.5, 0.6) is 0 Å². The molecule has 1 aliphatic rings. The average molecular weight is 247 g/mol. The van der Waals surface area contributed by atoms with E-state index in [1.807, 2.05) is 23.9 Å². The molecule has 1 N–H and O–H groups in total. The van der Waals surface area contributed by atoms with Crippen molar-refractivity contribution in [2.45, 2.75) is 37.0 Å². The number of anilines is 1. The lowest BCUT2D eigenvalue weighted by Crippen LogP contribution is -2.28. The number of rotatable bonds is 3. The van der Waals surface area contributed by atoms with Gasteiger partial charge in [0.15, 0.2) is 0 Å². The zero-order valence-electron chi connectivity index (χ0n) is 10.0. The second-order valence-electron chi connectivity index (χ2n) is 4.39. The summed E-state index contributed by atoms with van der Waals surface area (Å²) in [6, 6.07) is 8.12. The normalized spacial score (nSPS) is 24.0. The van der Waals surface area contributed by atoms with Crippen LogP contribution in [0, 0.1) is 11.3 Å². The Morgan fingerprint density at radius 3 is 3.12 bits per heavy atom. The summed E-state index contributed by atoms with van der Waals surface area (Å²) < 4.78 is 0. The van der Waals surface area contributed by atoms with Crippen LogP contribution in [-0.4, -0.2) is 22.5 Å². The van der Waals surface area contributed by atoms with Crippen LogP contribution < -0.4 is 5.32 Å². The van der Waals surface area contributed by atoms with Gasteiger partial charge in [-0.3, -0.25) is 0 Å². The maximum atomic E-state index is 8.80. The second kappa shape index (κ2) is 5.92. The van der Waals surface area contributed by atoms with Crippen LogP contribution in [0.2, 0.25) is 0 Å². The first-order chi connectivity index (χ1) is 8.31. The molecular formula is C13H17N3S. The fourth-order valence-electron chi connectivity index (χ4n) is 2.28. The van der Waals surface area contributed by atoms with E-state index in [1.54, 1.807) is 6.07 Å². The number of aromatic nitrogens is 1. The van der Waals surface area contributed by atoms with Gasteiger partial charge >= 0.3 is 0 Å². The number of hydrogen-bond donors (Lipinski definition) is 1. The van der Waals surface area contributed by atoms with Crippen LogP contribution in [0.1, 0.15) is 31.4 Å². The third-order valence-electron chi connectivity index (χ3n) is 3.18. The monoisotopic (exact) mass is 247 g/mol. The molecule has 0 aliphatic heterocycles. The topological polar surface area (TPSA) is 48.7 Å². The molecule has 0 bridgehead atoms. The summed E-state index contributed by atoms with van der Waals surface area (Å²) >= 11 is 1.95. The largest absolute Gasteiger partial charge is 0.367 e. The highest BCUT2D eigenvalue weighted by Crippen LogP contribution is 2.28. The minimum absolute atomic E-state index is 0.479. The first-order valence-electron chi connectivity index (χ1n) is 5.98. The molecule has 2 rings (SSSR count). The Bertz CT molecular complexity index is 413. The first kappa shape index (κ1) is 12.3. The fourth-order valence-corrected chi connectivity index (χ4v) is 3.10. The molecule has 0 aromatic carbocycles. The van der Waals surface area contributed by atoms with Gasteiger partial charge in [-0.05, 0) is 37.7 Å². The molecule has 0 radical (unpaired) electrons. The minimum Gasteiger partial charge on any atom is -0.367 e. The van der Waals surface area contributed by atoms with E-state index in [0.29, 0.717) is 11.7 Å². The Morgan fingerprint density at radius 2 is 2.35 bits per heavy atom. The number of nitriles is 1. The predicted octanol–water partition coefficient (Wildman–Crippen LogP) is 3.04. The van der Waals surface area contributed by atoms with Crippen LogP contribution in [0.3, 0.4) is 0 Å². The Morgan fingerprint density at radius 1 is 1.47 bits per heavy atom. The lowest BCUT2D eigenvalue weighted by Gasteiger charge is -2.29. The van der Waals surface area contributed by atoms with Gasteiger partial charge in [0.05, 0.1) is 0 Å². The van der Waals surface area contributed by atoms with E-state index in [1.165, 1.54) is 25.7 Å². The molecule has 90 valence electrons. The van der Waals surface area contributed by atoms with Gasteiger partial charge in [0.25, 0.3) is 0 Å². The van der Waals surface area contributed by atoms with Crippen molar-refractivity contribution >= 4 is 17.6 Å². The van der Waals surface area contributed by atoms with Crippen molar-refractivity contribution in [2.75, 3.05) is 11.6 Å². The van der Waals surface area contributed by atoms with Gasteiger partial charge in [-0.1, -0.05) is 12.5 Å². The van der Waals surface area contributed by atoms with Gasteiger partial charge in [0.1, 0.15) is 17.6 Å². The third kappa shape index (κ3) is 3.37. The highest BCUT2D eigenvalue weighted by atomic mass is 32.2. The van der Waals surface area contributed by atoms with Crippen LogP contribution in [-0.2, 0) is 0 Å². The quantitative estimate of drug-likeness (QED) is 0.892. The van der Waals surface area contributed by atoms with Gasteiger partial charge in [-0.15, -0.1) is 0 Å². The van der Waals surface area contributed by atoms with E-state index in [2.05, 4.69) is 22.6 Å². The van der Waals surface area contributed by atoms with E-state index in [9.17, 15) is 0 Å². The Labute approximate surface area is 107 Å². The number of nitrogens with one attached hydrogen (secondary N) is 1. The van der Waals surface area contributed by atoms with E-state index in [-0.39, 0.29) is 0 Å². The minimum atomic E-state index is 0.479. The summed E-state index contributed by atoms with van der Waals surface area (Å²) in [4.78, 5) is 4.26. The first-order valence-corrected chi connectivity index (χ1v) is 7.27. The molecule has 0 saturated heterocycles. The lowest BCUT2D eigenvalue weighted by molar-refractivity contribution is 0.473. The summed E-state index contributed by atoms with van der Waals surface area (Å²) in [6.07, 6.45) is 7.18. The van der Waals surface area contributed by atoms with Gasteiger partial charge in [-0.2, -0.15) is 17.0 Å². The molecule has 1 heterocycles. The molecule has 1 aromatic rings. The van der Waals surface area contributed by atoms with Gasteiger partial charge in [-0.25, -0.2) is 4.98 Å². The number of thioether (sulfide) groups is 1. The second-order valence-corrected chi connectivity index (χ2v) is 5.52. The SMILES string of the molecule is CSC1CCCC(Nc2cccc(C#N)n2)C1. The molecule has 1 saturated carbocycles. The zero-order valence-corrected chi connectivity index (χ0v) is 10.8. The van der Waals surface area contributed by atoms with E-state index in [4.69, 9.17) is 5.26 Å². The van der Waals surface area contributed by atoms with Gasteiger partial charge < -0.3 is 5.32 Å². The highest BCUT2D eigenvalue weighted by molar-refractivity contribution is 7.99. The van der Waals surface area contributed by atoms with Crippen molar-refractivity contribution in [1.29, 1.82) is 5.26 Å². The van der Waals surface area contributed by atoms with E-state index in [0.717, 1.165) is 11.1 Å². The molecule has 1 aromatic heterocycles. The van der Waals surface area contributed by atoms with Crippen molar-refractivity contribution in [3.8, 4) is 6.07 Å². The van der Waals surface area contributed by atoms with Crippen molar-refractivity contribution in [2.24, 2.45) is 0 Å². The lowest BCUT2D eigenvalue weighted by atomic mass is 9.95. The summed E-state index contributed by atoms with van der Waals surface area (Å²) in [6.45, 7) is 0. The van der Waals surface area contributed by atoms with Gasteiger partial charge in [0.2, 0.25) is 0 Å². The van der Waals surface area contributed by atoms with E-state index >= 15 is 0 Å². The maximum absolute atomic E-state index is 8.80. The molecule has 1 fully saturated rings. The van der Waals surface area contributed by atoms with Crippen molar-refractivity contribution in [3.63, 3.8) is 0 Å². The van der Waals surface area contributed by atoms with Crippen LogP contribution in [0.25, 0.3) is 0 Å². The molecule has 3 nitrogen and oxygen atoms in total. The summed E-state index contributed by atoms with van der Waals surface area (Å²) in [5, 5.41) is 13.0. The summed E-state index contributed by atoms with van der Waals surface area (Å²) in [5.74, 6) is 0.829. The Hall–Kier alpha value is -1.21. The number of nitrogens with zero attached hydrogens (tertiary/aromatic N) is 2. The number of pyridine rings is 1. The molecule has 1 aliphatic carbocycles. The van der Waals surface area contributed by atoms with Crippen LogP contribution in [0.4, 0.5) is 5.82 Å². The predicted molar refractivity (Wildman–Crippen MR) is 72.1 cm³/mol. The molecule has 4 heteroatoms. The summed E-state index contributed by atoms with van der Waals surface area (Å²) in [7, 11) is 0. The standard InChI is InChI=1S/C13H17N3S/c1-17-12-6-2-4-10(8-12)15-13-7-3-5-11(9-14)16-13/h3,5,7,10,12H,2,4,6,8H2,1H3,(H,15,16). The van der Waals surface area contributed by atoms with Crippen molar-refractivity contribution in [1.82, 2.24) is 4.98 Å². The smallest absolute Gasteiger partial charge is 0.142 e. The van der Waals surface area contributed by atoms with Crippen LogP contribution >= 0.6 is 11.8 Å². The zero-order chi connectivity index (χ0) is 12.1. The summed E-state index contributed by atoms with van der Waals surface area (Å²) in [5.41, 5.74) is 0.479. The average Bonchev–Trinajstić information content (AvgIpc) is 2.39. The molecule has 2 atom stereocenters. The Balaban J connectivity index is 1.98. The van der Waals surface area contributed by atoms with Crippen LogP contribution in [0.15, 0.2) is 18.2 Å².